The Balaban J connectivity index is 2.04. The Hall–Kier alpha value is -2.59. The van der Waals surface area contributed by atoms with Crippen molar-refractivity contribution in [1.29, 1.82) is 0 Å². The van der Waals surface area contributed by atoms with Crippen molar-refractivity contribution in [3.63, 3.8) is 0 Å². The summed E-state index contributed by atoms with van der Waals surface area (Å²) < 4.78 is 5.42. The van der Waals surface area contributed by atoms with E-state index in [9.17, 15) is 9.59 Å². The molecule has 0 aliphatic carbocycles. The molecule has 0 heterocycles. The highest BCUT2D eigenvalue weighted by Crippen LogP contribution is 2.20. The smallest absolute Gasteiger partial charge is 0.347 e. The highest BCUT2D eigenvalue weighted by atomic mass is 35.5. The van der Waals surface area contributed by atoms with Gasteiger partial charge in [0.15, 0.2) is 11.4 Å². The molecule has 0 atom stereocenters. The van der Waals surface area contributed by atoms with E-state index in [1.54, 1.807) is 54.6 Å². The van der Waals surface area contributed by atoms with Gasteiger partial charge in [-0.25, -0.2) is 4.79 Å². The molecule has 0 aliphatic rings. The molecule has 4 nitrogen and oxygen atoms in total. The molecular weight excluding hydrogens is 328 g/mol. The van der Waals surface area contributed by atoms with Crippen LogP contribution in [-0.2, 0) is 4.79 Å². The predicted molar refractivity (Wildman–Crippen MR) is 93.6 cm³/mol. The highest BCUT2D eigenvalue weighted by Gasteiger charge is 2.29. The Morgan fingerprint density at radius 2 is 1.62 bits per heavy atom. The van der Waals surface area contributed by atoms with Gasteiger partial charge in [-0.05, 0) is 61.9 Å². The first kappa shape index (κ1) is 17.8. The minimum absolute atomic E-state index is 0.126. The Bertz CT molecular complexity index is 759. The normalized spacial score (nSPS) is 11.5. The lowest BCUT2D eigenvalue weighted by Gasteiger charge is -2.21. The first-order chi connectivity index (χ1) is 11.3. The second-order valence-electron chi connectivity index (χ2n) is 5.69. The molecule has 5 heteroatoms. The van der Waals surface area contributed by atoms with E-state index in [2.05, 4.69) is 0 Å². The molecule has 0 fully saturated rings. The summed E-state index contributed by atoms with van der Waals surface area (Å²) in [5.74, 6) is -0.720. The van der Waals surface area contributed by atoms with Gasteiger partial charge in [-0.3, -0.25) is 4.79 Å². The van der Waals surface area contributed by atoms with Crippen molar-refractivity contribution in [3.05, 3.63) is 70.8 Å². The summed E-state index contributed by atoms with van der Waals surface area (Å²) in [5, 5.41) is 9.62. The molecule has 0 saturated heterocycles. The summed E-state index contributed by atoms with van der Waals surface area (Å²) in [6.07, 6.45) is 3.16. The van der Waals surface area contributed by atoms with E-state index >= 15 is 0 Å². The summed E-state index contributed by atoms with van der Waals surface area (Å²) in [6, 6.07) is 13.5. The number of ketones is 1. The number of halogens is 1. The zero-order valence-electron chi connectivity index (χ0n) is 13.3. The van der Waals surface area contributed by atoms with Crippen LogP contribution in [0, 0.1) is 0 Å². The van der Waals surface area contributed by atoms with Gasteiger partial charge >= 0.3 is 5.97 Å². The Labute approximate surface area is 145 Å². The third kappa shape index (κ3) is 4.70. The lowest BCUT2D eigenvalue weighted by atomic mass is 10.1. The molecule has 2 rings (SSSR count). The molecule has 0 amide bonds. The third-order valence-electron chi connectivity index (χ3n) is 3.32. The monoisotopic (exact) mass is 344 g/mol. The summed E-state index contributed by atoms with van der Waals surface area (Å²) >= 11 is 5.79. The maximum atomic E-state index is 12.0. The zero-order chi connectivity index (χ0) is 17.7. The fourth-order valence-electron chi connectivity index (χ4n) is 1.87. The second kappa shape index (κ2) is 7.32. The van der Waals surface area contributed by atoms with Crippen LogP contribution in [0.1, 0.15) is 29.8 Å². The average molecular weight is 345 g/mol. The fraction of sp³-hybridized carbons (Fsp3) is 0.158. The highest BCUT2D eigenvalue weighted by molar-refractivity contribution is 6.30. The number of allylic oxidation sites excluding steroid dienone is 1. The maximum Gasteiger partial charge on any atom is 0.347 e. The Kier molecular flexibility index (Phi) is 5.42. The number of ether oxygens (including phenoxy) is 1. The van der Waals surface area contributed by atoms with E-state index in [1.165, 1.54) is 19.9 Å². The Morgan fingerprint density at radius 3 is 2.17 bits per heavy atom. The van der Waals surface area contributed by atoms with Crippen molar-refractivity contribution in [2.24, 2.45) is 0 Å². The molecular formula is C19H17ClO4. The van der Waals surface area contributed by atoms with E-state index in [1.807, 2.05) is 0 Å². The number of benzene rings is 2. The van der Waals surface area contributed by atoms with Gasteiger partial charge in [0.05, 0.1) is 0 Å². The molecule has 2 aromatic rings. The van der Waals surface area contributed by atoms with Gasteiger partial charge in [0.25, 0.3) is 0 Å². The van der Waals surface area contributed by atoms with Gasteiger partial charge in [0.1, 0.15) is 5.75 Å². The molecule has 0 saturated carbocycles. The quantitative estimate of drug-likeness (QED) is 0.620. The van der Waals surface area contributed by atoms with Crippen LogP contribution in [0.5, 0.6) is 5.75 Å². The van der Waals surface area contributed by atoms with Crippen molar-refractivity contribution >= 4 is 29.4 Å². The maximum absolute atomic E-state index is 12.0. The number of rotatable bonds is 6. The largest absolute Gasteiger partial charge is 0.478 e. The number of hydrogen-bond acceptors (Lipinski definition) is 3. The fourth-order valence-corrected chi connectivity index (χ4v) is 1.99. The Morgan fingerprint density at radius 1 is 1.04 bits per heavy atom. The second-order valence-corrected chi connectivity index (χ2v) is 6.13. The van der Waals surface area contributed by atoms with E-state index < -0.39 is 11.6 Å². The van der Waals surface area contributed by atoms with Crippen molar-refractivity contribution in [3.8, 4) is 5.75 Å². The van der Waals surface area contributed by atoms with Crippen molar-refractivity contribution in [2.75, 3.05) is 0 Å². The molecule has 24 heavy (non-hydrogen) atoms. The molecule has 0 spiro atoms. The van der Waals surface area contributed by atoms with E-state index in [0.29, 0.717) is 16.3 Å². The van der Waals surface area contributed by atoms with E-state index in [4.69, 9.17) is 21.4 Å². The number of aliphatic carboxylic acids is 1. The molecule has 0 radical (unpaired) electrons. The molecule has 0 aromatic heterocycles. The number of carboxylic acids is 1. The van der Waals surface area contributed by atoms with Crippen molar-refractivity contribution < 1.29 is 19.4 Å². The lowest BCUT2D eigenvalue weighted by Crippen LogP contribution is -2.37. The van der Waals surface area contributed by atoms with Crippen LogP contribution in [0.3, 0.4) is 0 Å². The summed E-state index contributed by atoms with van der Waals surface area (Å²) in [6.45, 7) is 2.96. The SMILES string of the molecule is CC(C)(Oc1ccc(C=CC(=O)c2ccc(Cl)cc2)cc1)C(=O)O. The standard InChI is InChI=1S/C19H17ClO4/c1-19(2,18(22)23)24-16-10-3-13(4-11-16)5-12-17(21)14-6-8-15(20)9-7-14/h3-12H,1-2H3,(H,22,23). The molecule has 124 valence electrons. The van der Waals surface area contributed by atoms with Gasteiger partial charge in [0, 0.05) is 10.6 Å². The number of carbonyl (C=O) groups is 2. The predicted octanol–water partition coefficient (Wildman–Crippen LogP) is 4.48. The van der Waals surface area contributed by atoms with E-state index in [-0.39, 0.29) is 5.78 Å². The average Bonchev–Trinajstić information content (AvgIpc) is 2.54. The lowest BCUT2D eigenvalue weighted by molar-refractivity contribution is -0.152. The zero-order valence-corrected chi connectivity index (χ0v) is 14.1. The summed E-state index contributed by atoms with van der Waals surface area (Å²) in [4.78, 5) is 23.1. The number of carboxylic acid groups (broad SMARTS) is 1. The number of hydrogen-bond donors (Lipinski definition) is 1. The van der Waals surface area contributed by atoms with Crippen LogP contribution in [0.4, 0.5) is 0 Å². The van der Waals surface area contributed by atoms with Crippen molar-refractivity contribution in [2.45, 2.75) is 19.4 Å². The van der Waals surface area contributed by atoms with E-state index in [0.717, 1.165) is 5.56 Å². The molecule has 1 N–H and O–H groups in total. The molecule has 0 aliphatic heterocycles. The minimum Gasteiger partial charge on any atom is -0.478 e. The van der Waals surface area contributed by atoms with Crippen LogP contribution >= 0.6 is 11.6 Å². The van der Waals surface area contributed by atoms with Gasteiger partial charge in [0.2, 0.25) is 0 Å². The van der Waals surface area contributed by atoms with Crippen LogP contribution in [0.2, 0.25) is 5.02 Å². The van der Waals surface area contributed by atoms with Gasteiger partial charge in [-0.15, -0.1) is 0 Å². The third-order valence-corrected chi connectivity index (χ3v) is 3.58. The topological polar surface area (TPSA) is 63.6 Å². The molecule has 2 aromatic carbocycles. The van der Waals surface area contributed by atoms with Gasteiger partial charge in [-0.2, -0.15) is 0 Å². The summed E-state index contributed by atoms with van der Waals surface area (Å²) in [5.41, 5.74) is 0.0543. The first-order valence-electron chi connectivity index (χ1n) is 7.28. The van der Waals surface area contributed by atoms with Crippen molar-refractivity contribution in [1.82, 2.24) is 0 Å². The summed E-state index contributed by atoms with van der Waals surface area (Å²) in [7, 11) is 0. The van der Waals surface area contributed by atoms with Gasteiger partial charge in [-0.1, -0.05) is 29.8 Å². The first-order valence-corrected chi connectivity index (χ1v) is 7.66. The van der Waals surface area contributed by atoms with Crippen LogP contribution in [-0.4, -0.2) is 22.5 Å². The van der Waals surface area contributed by atoms with Crippen LogP contribution in [0.15, 0.2) is 54.6 Å². The van der Waals surface area contributed by atoms with Crippen LogP contribution in [0.25, 0.3) is 6.08 Å². The molecule has 0 bridgehead atoms. The van der Waals surface area contributed by atoms with Crippen LogP contribution < -0.4 is 4.74 Å². The minimum atomic E-state index is -1.30. The van der Waals surface area contributed by atoms with Gasteiger partial charge < -0.3 is 9.84 Å². The number of carbonyl (C=O) groups excluding carboxylic acids is 1. The molecule has 0 unspecified atom stereocenters.